The molecule has 1 atom stereocenters. The number of aryl methyl sites for hydroxylation is 1. The molecule has 4 nitrogen and oxygen atoms in total. The number of likely N-dealkylation sites (tertiary alicyclic amines) is 1. The van der Waals surface area contributed by atoms with Crippen LogP contribution in [0, 0.1) is 0 Å². The highest BCUT2D eigenvalue weighted by Crippen LogP contribution is 2.31. The van der Waals surface area contributed by atoms with Gasteiger partial charge in [0.15, 0.2) is 0 Å². The Kier molecular flexibility index (Phi) is 4.39. The van der Waals surface area contributed by atoms with Crippen LogP contribution in [0.3, 0.4) is 0 Å². The van der Waals surface area contributed by atoms with E-state index in [4.69, 9.17) is 4.42 Å². The van der Waals surface area contributed by atoms with Gasteiger partial charge in [-0.15, -0.1) is 0 Å². The summed E-state index contributed by atoms with van der Waals surface area (Å²) in [6.07, 6.45) is 7.26. The molecule has 2 aliphatic rings. The summed E-state index contributed by atoms with van der Waals surface area (Å²) in [7, 11) is 0. The number of benzene rings is 1. The van der Waals surface area contributed by atoms with Gasteiger partial charge in [0.25, 0.3) is 5.91 Å². The minimum atomic E-state index is 0.156. The van der Waals surface area contributed by atoms with Gasteiger partial charge >= 0.3 is 0 Å². The van der Waals surface area contributed by atoms with Crippen molar-refractivity contribution in [3.8, 4) is 0 Å². The lowest BCUT2D eigenvalue weighted by molar-refractivity contribution is 0.0700. The molecular formula is C20H24N2O2. The summed E-state index contributed by atoms with van der Waals surface area (Å²) in [5.74, 6) is 1.30. The summed E-state index contributed by atoms with van der Waals surface area (Å²) in [5.41, 5.74) is 2.13. The minimum absolute atomic E-state index is 0.156. The Morgan fingerprint density at radius 2 is 1.88 bits per heavy atom. The van der Waals surface area contributed by atoms with Gasteiger partial charge in [0.1, 0.15) is 5.76 Å². The molecule has 1 aliphatic carbocycles. The van der Waals surface area contributed by atoms with Crippen molar-refractivity contribution in [3.05, 3.63) is 59.5 Å². The van der Waals surface area contributed by atoms with Gasteiger partial charge in [0.2, 0.25) is 0 Å². The molecule has 126 valence electrons. The molecule has 1 fully saturated rings. The monoisotopic (exact) mass is 324 g/mol. The van der Waals surface area contributed by atoms with E-state index in [1.54, 1.807) is 0 Å². The molecule has 1 amide bonds. The molecule has 4 rings (SSSR count). The van der Waals surface area contributed by atoms with Crippen LogP contribution in [0.1, 0.15) is 53.4 Å². The average molecular weight is 324 g/mol. The van der Waals surface area contributed by atoms with E-state index in [-0.39, 0.29) is 5.91 Å². The van der Waals surface area contributed by atoms with Crippen LogP contribution in [-0.4, -0.2) is 29.9 Å². The minimum Gasteiger partial charge on any atom is -0.469 e. The first kappa shape index (κ1) is 15.5. The van der Waals surface area contributed by atoms with Crippen molar-refractivity contribution in [1.29, 1.82) is 0 Å². The Bertz CT molecular complexity index is 687. The van der Waals surface area contributed by atoms with E-state index in [0.29, 0.717) is 12.1 Å². The van der Waals surface area contributed by atoms with Crippen molar-refractivity contribution in [1.82, 2.24) is 10.2 Å². The molecule has 0 radical (unpaired) electrons. The van der Waals surface area contributed by atoms with E-state index in [1.807, 2.05) is 41.5 Å². The quantitative estimate of drug-likeness (QED) is 0.939. The van der Waals surface area contributed by atoms with E-state index in [0.717, 1.165) is 43.7 Å². The van der Waals surface area contributed by atoms with Crippen molar-refractivity contribution in [2.45, 2.75) is 44.2 Å². The van der Waals surface area contributed by atoms with Crippen molar-refractivity contribution >= 4 is 5.91 Å². The lowest BCUT2D eigenvalue weighted by Crippen LogP contribution is -2.46. The highest BCUT2D eigenvalue weighted by Gasteiger charge is 2.28. The van der Waals surface area contributed by atoms with Crippen LogP contribution in [0.4, 0.5) is 0 Å². The van der Waals surface area contributed by atoms with E-state index >= 15 is 0 Å². The van der Waals surface area contributed by atoms with Crippen molar-refractivity contribution < 1.29 is 9.21 Å². The number of nitrogens with zero attached hydrogens (tertiary/aromatic N) is 1. The third kappa shape index (κ3) is 3.11. The van der Waals surface area contributed by atoms with E-state index in [9.17, 15) is 4.79 Å². The van der Waals surface area contributed by atoms with Gasteiger partial charge in [0.05, 0.1) is 6.26 Å². The van der Waals surface area contributed by atoms with Crippen LogP contribution in [0.5, 0.6) is 0 Å². The third-order valence-electron chi connectivity index (χ3n) is 5.29. The molecule has 1 aromatic carbocycles. The molecule has 2 aromatic rings. The fraction of sp³-hybridized carbons (Fsp3) is 0.450. The summed E-state index contributed by atoms with van der Waals surface area (Å²) < 4.78 is 5.58. The van der Waals surface area contributed by atoms with E-state index in [2.05, 4.69) is 11.4 Å². The van der Waals surface area contributed by atoms with Crippen LogP contribution in [0.25, 0.3) is 0 Å². The summed E-state index contributed by atoms with van der Waals surface area (Å²) in [4.78, 5) is 14.5. The molecule has 2 heterocycles. The molecular weight excluding hydrogens is 300 g/mol. The molecule has 4 heteroatoms. The van der Waals surface area contributed by atoms with Crippen LogP contribution < -0.4 is 5.32 Å². The first-order chi connectivity index (χ1) is 11.8. The second-order valence-electron chi connectivity index (χ2n) is 6.84. The molecule has 0 bridgehead atoms. The number of piperidine rings is 1. The van der Waals surface area contributed by atoms with E-state index < -0.39 is 0 Å². The number of nitrogens with one attached hydrogen (secondary N) is 1. The van der Waals surface area contributed by atoms with Crippen LogP contribution >= 0.6 is 0 Å². The molecule has 1 aromatic heterocycles. The normalized spacial score (nSPS) is 21.5. The highest BCUT2D eigenvalue weighted by atomic mass is 16.3. The first-order valence-electron chi connectivity index (χ1n) is 8.98. The SMILES string of the molecule is O=C(c1ccccc1)N1CCC(NC2CCCc3occc32)CC1. The summed E-state index contributed by atoms with van der Waals surface area (Å²) in [6.45, 7) is 1.66. The molecule has 0 spiro atoms. The number of furan rings is 1. The number of carbonyl (C=O) groups excluding carboxylic acids is 1. The predicted molar refractivity (Wildman–Crippen MR) is 92.9 cm³/mol. The maximum atomic E-state index is 12.5. The van der Waals surface area contributed by atoms with Crippen molar-refractivity contribution in [3.63, 3.8) is 0 Å². The average Bonchev–Trinajstić information content (AvgIpc) is 3.12. The topological polar surface area (TPSA) is 45.5 Å². The van der Waals surface area contributed by atoms with Crippen LogP contribution in [-0.2, 0) is 6.42 Å². The Balaban J connectivity index is 1.33. The summed E-state index contributed by atoms with van der Waals surface area (Å²) >= 11 is 0. The van der Waals surface area contributed by atoms with Gasteiger partial charge in [-0.05, 0) is 43.9 Å². The molecule has 0 saturated carbocycles. The van der Waals surface area contributed by atoms with Crippen molar-refractivity contribution in [2.24, 2.45) is 0 Å². The van der Waals surface area contributed by atoms with Gasteiger partial charge in [-0.2, -0.15) is 0 Å². The first-order valence-corrected chi connectivity index (χ1v) is 8.98. The molecule has 1 unspecified atom stereocenters. The molecule has 1 N–H and O–H groups in total. The van der Waals surface area contributed by atoms with Gasteiger partial charge < -0.3 is 14.6 Å². The van der Waals surface area contributed by atoms with Gasteiger partial charge in [-0.3, -0.25) is 4.79 Å². The molecule has 1 saturated heterocycles. The zero-order valence-electron chi connectivity index (χ0n) is 13.9. The fourth-order valence-electron chi connectivity index (χ4n) is 3.96. The molecule has 24 heavy (non-hydrogen) atoms. The van der Waals surface area contributed by atoms with Crippen LogP contribution in [0.2, 0.25) is 0 Å². The lowest BCUT2D eigenvalue weighted by atomic mass is 9.91. The third-order valence-corrected chi connectivity index (χ3v) is 5.29. The maximum Gasteiger partial charge on any atom is 0.253 e. The van der Waals surface area contributed by atoms with Gasteiger partial charge in [0, 0.05) is 42.7 Å². The maximum absolute atomic E-state index is 12.5. The number of fused-ring (bicyclic) bond motifs is 1. The fourth-order valence-corrected chi connectivity index (χ4v) is 3.96. The number of rotatable bonds is 3. The van der Waals surface area contributed by atoms with Crippen LogP contribution in [0.15, 0.2) is 47.1 Å². The molecule has 1 aliphatic heterocycles. The number of hydrogen-bond acceptors (Lipinski definition) is 3. The second-order valence-corrected chi connectivity index (χ2v) is 6.84. The number of hydrogen-bond donors (Lipinski definition) is 1. The highest BCUT2D eigenvalue weighted by molar-refractivity contribution is 5.94. The van der Waals surface area contributed by atoms with Gasteiger partial charge in [-0.25, -0.2) is 0 Å². The lowest BCUT2D eigenvalue weighted by Gasteiger charge is -2.35. The van der Waals surface area contributed by atoms with E-state index in [1.165, 1.54) is 18.4 Å². The summed E-state index contributed by atoms with van der Waals surface area (Å²) in [6, 6.07) is 12.6. The number of amides is 1. The Hall–Kier alpha value is -2.07. The van der Waals surface area contributed by atoms with Crippen molar-refractivity contribution in [2.75, 3.05) is 13.1 Å². The second kappa shape index (κ2) is 6.81. The van der Waals surface area contributed by atoms with Gasteiger partial charge in [-0.1, -0.05) is 18.2 Å². The number of carbonyl (C=O) groups is 1. The summed E-state index contributed by atoms with van der Waals surface area (Å²) in [5, 5.41) is 3.80. The Morgan fingerprint density at radius 1 is 1.08 bits per heavy atom. The smallest absolute Gasteiger partial charge is 0.253 e. The largest absolute Gasteiger partial charge is 0.469 e. The Labute approximate surface area is 142 Å². The zero-order chi connectivity index (χ0) is 16.4. The zero-order valence-corrected chi connectivity index (χ0v) is 13.9. The standard InChI is InChI=1S/C20H24N2O2/c23-20(15-5-2-1-3-6-15)22-12-9-16(10-13-22)21-18-7-4-8-19-17(18)11-14-24-19/h1-3,5-6,11,14,16,18,21H,4,7-10,12-13H2. The predicted octanol–water partition coefficient (Wildman–Crippen LogP) is 3.55. The Morgan fingerprint density at radius 3 is 2.67 bits per heavy atom.